The SMILES string of the molecule is CNC1CCN(C(=O)C(=N/OC)/C(C)=N/OC)CC1. The fourth-order valence-corrected chi connectivity index (χ4v) is 2.05. The molecule has 0 bridgehead atoms. The van der Waals surface area contributed by atoms with Gasteiger partial charge in [0.05, 0.1) is 0 Å². The first-order chi connectivity index (χ1) is 9.13. The minimum atomic E-state index is -0.172. The number of amides is 1. The van der Waals surface area contributed by atoms with Crippen molar-refractivity contribution < 1.29 is 14.5 Å². The van der Waals surface area contributed by atoms with Crippen LogP contribution in [-0.2, 0) is 14.5 Å². The highest BCUT2D eigenvalue weighted by Crippen LogP contribution is 2.11. The molecule has 108 valence electrons. The molecule has 1 heterocycles. The fraction of sp³-hybridized carbons (Fsp3) is 0.750. The van der Waals surface area contributed by atoms with Crippen LogP contribution in [0.25, 0.3) is 0 Å². The molecule has 0 atom stereocenters. The maximum absolute atomic E-state index is 12.4. The normalized spacial score (nSPS) is 18.4. The number of carbonyl (C=O) groups is 1. The van der Waals surface area contributed by atoms with E-state index in [1.54, 1.807) is 11.8 Å². The maximum atomic E-state index is 12.4. The van der Waals surface area contributed by atoms with Crippen molar-refractivity contribution in [2.75, 3.05) is 34.4 Å². The molecule has 1 N–H and O–H groups in total. The molecule has 0 aromatic heterocycles. The van der Waals surface area contributed by atoms with E-state index in [0.717, 1.165) is 12.8 Å². The molecule has 7 nitrogen and oxygen atoms in total. The summed E-state index contributed by atoms with van der Waals surface area (Å²) in [7, 11) is 4.77. The highest BCUT2D eigenvalue weighted by atomic mass is 16.6. The molecule has 0 radical (unpaired) electrons. The van der Waals surface area contributed by atoms with E-state index < -0.39 is 0 Å². The molecular formula is C12H22N4O3. The van der Waals surface area contributed by atoms with Crippen LogP contribution in [0.15, 0.2) is 10.3 Å². The summed E-state index contributed by atoms with van der Waals surface area (Å²) in [5, 5.41) is 10.7. The number of rotatable bonds is 5. The van der Waals surface area contributed by atoms with Gasteiger partial charge in [0.15, 0.2) is 5.71 Å². The van der Waals surface area contributed by atoms with E-state index in [-0.39, 0.29) is 11.6 Å². The summed E-state index contributed by atoms with van der Waals surface area (Å²) in [5.74, 6) is -0.172. The molecule has 7 heteroatoms. The minimum Gasteiger partial charge on any atom is -0.399 e. The van der Waals surface area contributed by atoms with Crippen LogP contribution in [0, 0.1) is 0 Å². The lowest BCUT2D eigenvalue weighted by Gasteiger charge is -2.31. The van der Waals surface area contributed by atoms with Gasteiger partial charge in [0.1, 0.15) is 19.9 Å². The van der Waals surface area contributed by atoms with E-state index in [0.29, 0.717) is 24.8 Å². The van der Waals surface area contributed by atoms with Gasteiger partial charge < -0.3 is 19.9 Å². The highest BCUT2D eigenvalue weighted by molar-refractivity contribution is 6.66. The van der Waals surface area contributed by atoms with Crippen molar-refractivity contribution in [1.29, 1.82) is 0 Å². The van der Waals surface area contributed by atoms with Gasteiger partial charge in [-0.15, -0.1) is 0 Å². The molecular weight excluding hydrogens is 248 g/mol. The summed E-state index contributed by atoms with van der Waals surface area (Å²) in [6.07, 6.45) is 1.87. The quantitative estimate of drug-likeness (QED) is 0.573. The van der Waals surface area contributed by atoms with Crippen molar-refractivity contribution in [3.8, 4) is 0 Å². The molecule has 1 aliphatic rings. The zero-order valence-electron chi connectivity index (χ0n) is 12.0. The van der Waals surface area contributed by atoms with Crippen LogP contribution < -0.4 is 5.32 Å². The molecule has 0 aliphatic carbocycles. The van der Waals surface area contributed by atoms with Gasteiger partial charge in [0.2, 0.25) is 0 Å². The van der Waals surface area contributed by atoms with Crippen molar-refractivity contribution in [3.63, 3.8) is 0 Å². The van der Waals surface area contributed by atoms with Crippen molar-refractivity contribution in [2.45, 2.75) is 25.8 Å². The number of hydrogen-bond acceptors (Lipinski definition) is 6. The lowest BCUT2D eigenvalue weighted by atomic mass is 10.0. The van der Waals surface area contributed by atoms with Gasteiger partial charge in [0.25, 0.3) is 5.91 Å². The van der Waals surface area contributed by atoms with Crippen LogP contribution in [-0.4, -0.2) is 62.6 Å². The van der Waals surface area contributed by atoms with E-state index in [2.05, 4.69) is 20.5 Å². The Hall–Kier alpha value is -1.63. The Kier molecular flexibility index (Phi) is 6.27. The lowest BCUT2D eigenvalue weighted by molar-refractivity contribution is -0.125. The summed E-state index contributed by atoms with van der Waals surface area (Å²) >= 11 is 0. The first-order valence-corrected chi connectivity index (χ1v) is 6.29. The summed E-state index contributed by atoms with van der Waals surface area (Å²) in [6.45, 7) is 3.07. The summed E-state index contributed by atoms with van der Waals surface area (Å²) in [5.41, 5.74) is 0.595. The van der Waals surface area contributed by atoms with Crippen LogP contribution in [0.4, 0.5) is 0 Å². The topological polar surface area (TPSA) is 75.5 Å². The third-order valence-corrected chi connectivity index (χ3v) is 3.15. The molecule has 1 rings (SSSR count). The number of nitrogens with one attached hydrogen (secondary N) is 1. The molecule has 0 spiro atoms. The van der Waals surface area contributed by atoms with Gasteiger partial charge in [-0.2, -0.15) is 0 Å². The molecule has 1 amide bonds. The van der Waals surface area contributed by atoms with Gasteiger partial charge in [-0.05, 0) is 26.8 Å². The Bertz CT molecular complexity index is 360. The summed E-state index contributed by atoms with van der Waals surface area (Å²) in [4.78, 5) is 23.5. The van der Waals surface area contributed by atoms with E-state index in [1.807, 2.05) is 7.05 Å². The van der Waals surface area contributed by atoms with Crippen LogP contribution in [0.3, 0.4) is 0 Å². The lowest BCUT2D eigenvalue weighted by Crippen LogP contribution is -2.47. The minimum absolute atomic E-state index is 0.172. The number of likely N-dealkylation sites (tertiary alicyclic amines) is 1. The van der Waals surface area contributed by atoms with Crippen molar-refractivity contribution in [3.05, 3.63) is 0 Å². The Morgan fingerprint density at radius 3 is 2.26 bits per heavy atom. The average Bonchev–Trinajstić information content (AvgIpc) is 2.44. The maximum Gasteiger partial charge on any atom is 0.277 e. The van der Waals surface area contributed by atoms with Crippen LogP contribution in [0.2, 0.25) is 0 Å². The fourth-order valence-electron chi connectivity index (χ4n) is 2.05. The van der Waals surface area contributed by atoms with Gasteiger partial charge in [-0.25, -0.2) is 0 Å². The average molecular weight is 270 g/mol. The number of carbonyl (C=O) groups excluding carboxylic acids is 1. The largest absolute Gasteiger partial charge is 0.399 e. The Morgan fingerprint density at radius 1 is 1.21 bits per heavy atom. The monoisotopic (exact) mass is 270 g/mol. The van der Waals surface area contributed by atoms with E-state index >= 15 is 0 Å². The van der Waals surface area contributed by atoms with Gasteiger partial charge >= 0.3 is 0 Å². The number of nitrogens with zero attached hydrogens (tertiary/aromatic N) is 3. The molecule has 0 aromatic rings. The van der Waals surface area contributed by atoms with Crippen molar-refractivity contribution in [1.82, 2.24) is 10.2 Å². The number of hydrogen-bond donors (Lipinski definition) is 1. The highest BCUT2D eigenvalue weighted by Gasteiger charge is 2.27. The Balaban J connectivity index is 2.74. The van der Waals surface area contributed by atoms with Crippen LogP contribution >= 0.6 is 0 Å². The molecule has 19 heavy (non-hydrogen) atoms. The first-order valence-electron chi connectivity index (χ1n) is 6.29. The van der Waals surface area contributed by atoms with E-state index in [4.69, 9.17) is 4.84 Å². The van der Waals surface area contributed by atoms with Crippen LogP contribution in [0.1, 0.15) is 19.8 Å². The van der Waals surface area contributed by atoms with E-state index in [9.17, 15) is 4.79 Å². The first kappa shape index (κ1) is 15.4. The number of oxime groups is 2. The second-order valence-corrected chi connectivity index (χ2v) is 4.34. The van der Waals surface area contributed by atoms with Crippen molar-refractivity contribution in [2.24, 2.45) is 10.3 Å². The molecule has 0 aromatic carbocycles. The molecule has 1 fully saturated rings. The molecule has 0 saturated carbocycles. The second-order valence-electron chi connectivity index (χ2n) is 4.34. The second kappa shape index (κ2) is 7.73. The number of piperidine rings is 1. The Morgan fingerprint density at radius 2 is 1.79 bits per heavy atom. The molecule has 0 unspecified atom stereocenters. The van der Waals surface area contributed by atoms with Crippen molar-refractivity contribution >= 4 is 17.3 Å². The summed E-state index contributed by atoms with van der Waals surface area (Å²) < 4.78 is 0. The summed E-state index contributed by atoms with van der Waals surface area (Å²) in [6, 6.07) is 0.473. The zero-order chi connectivity index (χ0) is 14.3. The molecule has 1 aliphatic heterocycles. The Labute approximate surface area is 113 Å². The van der Waals surface area contributed by atoms with Gasteiger partial charge in [-0.1, -0.05) is 10.3 Å². The van der Waals surface area contributed by atoms with Gasteiger partial charge in [0, 0.05) is 19.1 Å². The standard InChI is InChI=1S/C12H22N4O3/c1-9(14-18-3)11(15-19-4)12(17)16-7-5-10(13-2)6-8-16/h10,13H,5-8H2,1-4H3/b14-9+,15-11+. The third-order valence-electron chi connectivity index (χ3n) is 3.15. The predicted molar refractivity (Wildman–Crippen MR) is 73.2 cm³/mol. The molecule has 1 saturated heterocycles. The van der Waals surface area contributed by atoms with Gasteiger partial charge in [-0.3, -0.25) is 4.79 Å². The predicted octanol–water partition coefficient (Wildman–Crippen LogP) is 0.222. The smallest absolute Gasteiger partial charge is 0.277 e. The zero-order valence-corrected chi connectivity index (χ0v) is 12.0. The van der Waals surface area contributed by atoms with E-state index in [1.165, 1.54) is 14.2 Å². The van der Waals surface area contributed by atoms with Crippen LogP contribution in [0.5, 0.6) is 0 Å². The third kappa shape index (κ3) is 4.20.